The first-order chi connectivity index (χ1) is 16.9. The van der Waals surface area contributed by atoms with E-state index < -0.39 is 0 Å². The molecular formula is C27H38N6O2. The molecule has 1 aromatic rings. The number of amidine groups is 1. The summed E-state index contributed by atoms with van der Waals surface area (Å²) in [6.07, 6.45) is 17.3. The Morgan fingerprint density at radius 2 is 2.00 bits per heavy atom. The lowest BCUT2D eigenvalue weighted by Crippen LogP contribution is -2.35. The van der Waals surface area contributed by atoms with Crippen LogP contribution in [0.2, 0.25) is 0 Å². The van der Waals surface area contributed by atoms with Gasteiger partial charge in [-0.05, 0) is 57.8 Å². The second kappa shape index (κ2) is 16.8. The van der Waals surface area contributed by atoms with Crippen LogP contribution in [0, 0.1) is 0 Å². The third-order valence-corrected chi connectivity index (χ3v) is 4.80. The maximum Gasteiger partial charge on any atom is 0.320 e. The van der Waals surface area contributed by atoms with Crippen molar-refractivity contribution >= 4 is 17.6 Å². The van der Waals surface area contributed by atoms with Gasteiger partial charge in [0.2, 0.25) is 0 Å². The molecule has 0 atom stereocenters. The number of aromatic nitrogens is 2. The number of urea groups is 1. The third kappa shape index (κ3) is 11.3. The molecular weight excluding hydrogens is 440 g/mol. The van der Waals surface area contributed by atoms with E-state index in [1.165, 1.54) is 5.57 Å². The fraction of sp³-hybridized carbons (Fsp3) is 0.333. The van der Waals surface area contributed by atoms with Crippen LogP contribution in [-0.4, -0.2) is 45.6 Å². The number of allylic oxidation sites excluding steroid dienone is 7. The van der Waals surface area contributed by atoms with Gasteiger partial charge in [0, 0.05) is 18.3 Å². The largest absolute Gasteiger partial charge is 0.394 e. The number of nitrogens with one attached hydrogen (secondary N) is 2. The number of nitrogens with zero attached hydrogens (tertiary/aromatic N) is 4. The molecule has 0 aliphatic carbocycles. The summed E-state index contributed by atoms with van der Waals surface area (Å²) >= 11 is 0. The Kier molecular flexibility index (Phi) is 14.0. The van der Waals surface area contributed by atoms with E-state index in [1.54, 1.807) is 49.2 Å². The highest BCUT2D eigenvalue weighted by Gasteiger charge is 2.09. The number of aliphatic hydroxyl groups is 1. The Labute approximate surface area is 209 Å². The molecule has 188 valence electrons. The Balaban J connectivity index is 2.76. The normalized spacial score (nSPS) is 13.1. The van der Waals surface area contributed by atoms with Gasteiger partial charge in [-0.25, -0.2) is 14.8 Å². The Hall–Kier alpha value is -3.78. The third-order valence-electron chi connectivity index (χ3n) is 4.80. The van der Waals surface area contributed by atoms with E-state index in [0.717, 1.165) is 24.8 Å². The van der Waals surface area contributed by atoms with Gasteiger partial charge in [0.05, 0.1) is 25.1 Å². The van der Waals surface area contributed by atoms with E-state index in [2.05, 4.69) is 51.5 Å². The zero-order valence-corrected chi connectivity index (χ0v) is 21.1. The second-order valence-corrected chi connectivity index (χ2v) is 7.60. The molecule has 8 nitrogen and oxygen atoms in total. The summed E-state index contributed by atoms with van der Waals surface area (Å²) in [6.45, 7) is 18.0. The maximum absolute atomic E-state index is 12.4. The molecule has 0 aliphatic heterocycles. The quantitative estimate of drug-likeness (QED) is 0.154. The molecule has 2 amide bonds. The van der Waals surface area contributed by atoms with Crippen LogP contribution in [0.3, 0.4) is 0 Å². The van der Waals surface area contributed by atoms with Crippen LogP contribution in [0.4, 0.5) is 4.79 Å². The van der Waals surface area contributed by atoms with Crippen LogP contribution in [0.15, 0.2) is 95.5 Å². The topological polar surface area (TPSA) is 104 Å². The summed E-state index contributed by atoms with van der Waals surface area (Å²) in [4.78, 5) is 21.4. The van der Waals surface area contributed by atoms with E-state index in [-0.39, 0.29) is 12.6 Å². The molecule has 0 aromatic carbocycles. The minimum absolute atomic E-state index is 0.0115. The molecule has 0 fully saturated rings. The van der Waals surface area contributed by atoms with Gasteiger partial charge in [-0.3, -0.25) is 10.00 Å². The minimum Gasteiger partial charge on any atom is -0.394 e. The van der Waals surface area contributed by atoms with E-state index in [4.69, 9.17) is 5.11 Å². The van der Waals surface area contributed by atoms with Gasteiger partial charge in [0.15, 0.2) is 5.84 Å². The van der Waals surface area contributed by atoms with Crippen molar-refractivity contribution in [2.75, 3.05) is 13.2 Å². The Morgan fingerprint density at radius 3 is 2.60 bits per heavy atom. The van der Waals surface area contributed by atoms with Gasteiger partial charge in [-0.1, -0.05) is 49.6 Å². The van der Waals surface area contributed by atoms with Gasteiger partial charge >= 0.3 is 6.03 Å². The van der Waals surface area contributed by atoms with Crippen LogP contribution < -0.4 is 10.6 Å². The second-order valence-electron chi connectivity index (χ2n) is 7.60. The molecule has 1 aromatic heterocycles. The lowest BCUT2D eigenvalue weighted by molar-refractivity contribution is 0.243. The zero-order chi connectivity index (χ0) is 26.1. The molecule has 0 saturated carbocycles. The molecule has 8 heteroatoms. The monoisotopic (exact) mass is 478 g/mol. The van der Waals surface area contributed by atoms with Crippen molar-refractivity contribution in [3.8, 4) is 0 Å². The number of aliphatic hydroxyl groups excluding tert-OH is 1. The fourth-order valence-electron chi connectivity index (χ4n) is 2.89. The number of hydrogen-bond donors (Lipinski definition) is 3. The average molecular weight is 479 g/mol. The Morgan fingerprint density at radius 1 is 1.23 bits per heavy atom. The van der Waals surface area contributed by atoms with Gasteiger partial charge in [-0.15, -0.1) is 0 Å². The minimum atomic E-state index is -0.334. The van der Waals surface area contributed by atoms with Crippen molar-refractivity contribution in [2.24, 2.45) is 9.98 Å². The fourth-order valence-corrected chi connectivity index (χ4v) is 2.89. The number of amides is 2. The molecule has 0 radical (unpaired) electrons. The van der Waals surface area contributed by atoms with Crippen LogP contribution in [0.5, 0.6) is 0 Å². The molecule has 0 saturated heterocycles. The predicted molar refractivity (Wildman–Crippen MR) is 146 cm³/mol. The number of hydrogen-bond acceptors (Lipinski definition) is 4. The summed E-state index contributed by atoms with van der Waals surface area (Å²) < 4.78 is 1.62. The first-order valence-corrected chi connectivity index (χ1v) is 11.6. The molecule has 3 N–H and O–H groups in total. The van der Waals surface area contributed by atoms with Crippen molar-refractivity contribution in [1.82, 2.24) is 20.4 Å². The van der Waals surface area contributed by atoms with Crippen molar-refractivity contribution in [3.05, 3.63) is 91.1 Å². The molecule has 35 heavy (non-hydrogen) atoms. The molecule has 1 heterocycles. The molecule has 0 bridgehead atoms. The summed E-state index contributed by atoms with van der Waals surface area (Å²) in [7, 11) is 0. The highest BCUT2D eigenvalue weighted by molar-refractivity contribution is 6.16. The number of rotatable bonds is 14. The maximum atomic E-state index is 12.4. The van der Waals surface area contributed by atoms with Crippen LogP contribution in [0.25, 0.3) is 0 Å². The molecule has 0 spiro atoms. The summed E-state index contributed by atoms with van der Waals surface area (Å²) in [5.74, 6) is 0.712. The van der Waals surface area contributed by atoms with Gasteiger partial charge in [0.25, 0.3) is 0 Å². The first kappa shape index (κ1) is 29.3. The van der Waals surface area contributed by atoms with Crippen molar-refractivity contribution in [1.29, 1.82) is 0 Å². The average Bonchev–Trinajstić information content (AvgIpc) is 3.31. The van der Waals surface area contributed by atoms with Crippen LogP contribution in [0.1, 0.15) is 45.6 Å². The highest BCUT2D eigenvalue weighted by Crippen LogP contribution is 2.09. The van der Waals surface area contributed by atoms with Crippen molar-refractivity contribution in [2.45, 2.75) is 46.6 Å². The molecule has 0 unspecified atom stereocenters. The SMILES string of the molecule is C=C/C=C\C(=C/C)CCCCNC(=O)N/C(=C/C)N=C(N=C(C=C)c1cnn(CCO)c1)C(=C)C. The smallest absolute Gasteiger partial charge is 0.320 e. The summed E-state index contributed by atoms with van der Waals surface area (Å²) in [5.41, 5.74) is 3.15. The zero-order valence-electron chi connectivity index (χ0n) is 21.1. The van der Waals surface area contributed by atoms with Crippen LogP contribution >= 0.6 is 0 Å². The standard InChI is InChI=1S/C27H38N6O2/c1-7-11-14-22(8-2)15-12-13-16-28-27(35)32-25(10-4)31-26(21(5)6)30-24(9-3)23-19-29-33(20-23)17-18-34/h7-11,14,19-20,34H,1,3,5,12-13,15-18H2,2,4,6H3,(H2,28,32,35)/b14-11-,22-8+,25-10+,30-24?,31-26?. The van der Waals surface area contributed by atoms with Gasteiger partial charge in [0.1, 0.15) is 5.82 Å². The van der Waals surface area contributed by atoms with Crippen molar-refractivity contribution < 1.29 is 9.90 Å². The lowest BCUT2D eigenvalue weighted by atomic mass is 10.1. The molecule has 1 rings (SSSR count). The predicted octanol–water partition coefficient (Wildman–Crippen LogP) is 4.84. The number of carbonyl (C=O) groups is 1. The van der Waals surface area contributed by atoms with E-state index in [9.17, 15) is 4.79 Å². The summed E-state index contributed by atoms with van der Waals surface area (Å²) in [5, 5.41) is 18.9. The van der Waals surface area contributed by atoms with E-state index in [1.807, 2.05) is 19.1 Å². The number of carbonyl (C=O) groups excluding carboxylic acids is 1. The lowest BCUT2D eigenvalue weighted by Gasteiger charge is -2.09. The van der Waals surface area contributed by atoms with Gasteiger partial charge < -0.3 is 10.4 Å². The highest BCUT2D eigenvalue weighted by atomic mass is 16.3. The van der Waals surface area contributed by atoms with E-state index >= 15 is 0 Å². The number of aliphatic imine (C=N–C) groups is 2. The molecule has 0 aliphatic rings. The number of unbranched alkanes of at least 4 members (excludes halogenated alkanes) is 1. The Bertz CT molecular complexity index is 1020. The van der Waals surface area contributed by atoms with E-state index in [0.29, 0.717) is 36.0 Å². The first-order valence-electron chi connectivity index (χ1n) is 11.6. The van der Waals surface area contributed by atoms with Crippen molar-refractivity contribution in [3.63, 3.8) is 0 Å². The van der Waals surface area contributed by atoms with Gasteiger partial charge in [-0.2, -0.15) is 5.10 Å². The summed E-state index contributed by atoms with van der Waals surface area (Å²) in [6, 6.07) is -0.334. The van der Waals surface area contributed by atoms with Crippen LogP contribution in [-0.2, 0) is 6.54 Å².